The second-order valence-corrected chi connectivity index (χ2v) is 7.08. The van der Waals surface area contributed by atoms with Crippen LogP contribution in [0.15, 0.2) is 30.3 Å². The highest BCUT2D eigenvalue weighted by atomic mass is 16.5. The molecule has 2 saturated heterocycles. The first-order valence-corrected chi connectivity index (χ1v) is 9.43. The number of pyridine rings is 1. The van der Waals surface area contributed by atoms with E-state index in [-0.39, 0.29) is 5.91 Å². The third kappa shape index (κ3) is 3.60. The molecular formula is C20H26N4O2. The van der Waals surface area contributed by atoms with Crippen molar-refractivity contribution in [3.63, 3.8) is 0 Å². The van der Waals surface area contributed by atoms with Gasteiger partial charge in [0.15, 0.2) is 0 Å². The van der Waals surface area contributed by atoms with Crippen LogP contribution < -0.4 is 9.64 Å². The molecule has 0 spiro atoms. The Morgan fingerprint density at radius 3 is 2.54 bits per heavy atom. The molecule has 0 atom stereocenters. The second kappa shape index (κ2) is 7.50. The lowest BCUT2D eigenvalue weighted by Gasteiger charge is -2.35. The van der Waals surface area contributed by atoms with E-state index in [2.05, 4.69) is 21.9 Å². The number of nitrogens with zero attached hydrogens (tertiary/aromatic N) is 4. The minimum atomic E-state index is 0.286. The Morgan fingerprint density at radius 1 is 1.04 bits per heavy atom. The van der Waals surface area contributed by atoms with E-state index in [0.29, 0.717) is 6.54 Å². The van der Waals surface area contributed by atoms with Crippen molar-refractivity contribution in [3.05, 3.63) is 30.3 Å². The number of aromatic nitrogens is 1. The van der Waals surface area contributed by atoms with Gasteiger partial charge in [0, 0.05) is 44.7 Å². The number of anilines is 1. The number of hydrogen-bond acceptors (Lipinski definition) is 5. The highest BCUT2D eigenvalue weighted by Crippen LogP contribution is 2.23. The maximum absolute atomic E-state index is 12.3. The van der Waals surface area contributed by atoms with Gasteiger partial charge in [-0.2, -0.15) is 0 Å². The van der Waals surface area contributed by atoms with Crippen molar-refractivity contribution < 1.29 is 9.53 Å². The van der Waals surface area contributed by atoms with Gasteiger partial charge in [0.25, 0.3) is 0 Å². The molecule has 0 radical (unpaired) electrons. The van der Waals surface area contributed by atoms with E-state index in [4.69, 9.17) is 9.72 Å². The molecule has 0 N–H and O–H groups in total. The van der Waals surface area contributed by atoms with Crippen molar-refractivity contribution in [1.82, 2.24) is 14.8 Å². The summed E-state index contributed by atoms with van der Waals surface area (Å²) in [5.41, 5.74) is 0.981. The Bertz CT molecular complexity index is 780. The summed E-state index contributed by atoms with van der Waals surface area (Å²) in [7, 11) is 1.68. The van der Waals surface area contributed by atoms with Crippen LogP contribution in [-0.4, -0.2) is 73.6 Å². The standard InChI is InChI=1S/C20H26N4O2/c1-26-17-5-6-18-16(14-17)4-7-19(21-18)23-12-10-22(11-13-23)15-20(25)24-8-2-3-9-24/h4-7,14H,2-3,8-13,15H2,1H3. The van der Waals surface area contributed by atoms with Crippen LogP contribution in [0.25, 0.3) is 10.9 Å². The van der Waals surface area contributed by atoms with Crippen LogP contribution in [0.4, 0.5) is 5.82 Å². The zero-order chi connectivity index (χ0) is 17.9. The predicted octanol–water partition coefficient (Wildman–Crippen LogP) is 1.99. The number of carbonyl (C=O) groups is 1. The zero-order valence-electron chi connectivity index (χ0n) is 15.4. The van der Waals surface area contributed by atoms with Gasteiger partial charge in [0.2, 0.25) is 5.91 Å². The van der Waals surface area contributed by atoms with E-state index in [1.165, 1.54) is 0 Å². The number of hydrogen-bond donors (Lipinski definition) is 0. The third-order valence-corrected chi connectivity index (χ3v) is 5.40. The molecule has 2 aromatic rings. The molecule has 6 nitrogen and oxygen atoms in total. The fourth-order valence-corrected chi connectivity index (χ4v) is 3.79. The van der Waals surface area contributed by atoms with Gasteiger partial charge >= 0.3 is 0 Å². The Morgan fingerprint density at radius 2 is 1.81 bits per heavy atom. The van der Waals surface area contributed by atoms with Crippen LogP contribution in [0, 0.1) is 0 Å². The van der Waals surface area contributed by atoms with Gasteiger partial charge in [0.05, 0.1) is 19.2 Å². The van der Waals surface area contributed by atoms with Crippen LogP contribution in [0.5, 0.6) is 5.75 Å². The van der Waals surface area contributed by atoms with E-state index in [1.54, 1.807) is 7.11 Å². The average molecular weight is 354 g/mol. The fraction of sp³-hybridized carbons (Fsp3) is 0.500. The number of likely N-dealkylation sites (tertiary alicyclic amines) is 1. The van der Waals surface area contributed by atoms with E-state index < -0.39 is 0 Å². The summed E-state index contributed by atoms with van der Waals surface area (Å²) in [5.74, 6) is 2.14. The SMILES string of the molecule is COc1ccc2nc(N3CCN(CC(=O)N4CCCC4)CC3)ccc2c1. The predicted molar refractivity (Wildman–Crippen MR) is 103 cm³/mol. The monoisotopic (exact) mass is 354 g/mol. The highest BCUT2D eigenvalue weighted by Gasteiger charge is 2.23. The lowest BCUT2D eigenvalue weighted by Crippen LogP contribution is -2.50. The van der Waals surface area contributed by atoms with Crippen LogP contribution in [-0.2, 0) is 4.79 Å². The van der Waals surface area contributed by atoms with Crippen LogP contribution in [0.2, 0.25) is 0 Å². The smallest absolute Gasteiger partial charge is 0.236 e. The number of rotatable bonds is 4. The Kier molecular flexibility index (Phi) is 4.93. The lowest BCUT2D eigenvalue weighted by atomic mass is 10.2. The van der Waals surface area contributed by atoms with Crippen molar-refractivity contribution in [2.45, 2.75) is 12.8 Å². The molecule has 3 heterocycles. The first-order chi connectivity index (χ1) is 12.7. The molecule has 0 unspecified atom stereocenters. The molecule has 2 aliphatic rings. The molecule has 1 aromatic carbocycles. The van der Waals surface area contributed by atoms with E-state index >= 15 is 0 Å². The summed E-state index contributed by atoms with van der Waals surface area (Å²) in [5, 5.41) is 1.09. The topological polar surface area (TPSA) is 48.9 Å². The van der Waals surface area contributed by atoms with Gasteiger partial charge in [0.1, 0.15) is 11.6 Å². The van der Waals surface area contributed by atoms with Crippen molar-refractivity contribution >= 4 is 22.6 Å². The van der Waals surface area contributed by atoms with E-state index in [9.17, 15) is 4.79 Å². The normalized spacial score (nSPS) is 18.5. The van der Waals surface area contributed by atoms with Crippen molar-refractivity contribution in [2.75, 3.05) is 57.8 Å². The summed E-state index contributed by atoms with van der Waals surface area (Å²) < 4.78 is 5.27. The molecule has 0 aliphatic carbocycles. The number of benzene rings is 1. The molecule has 1 amide bonds. The third-order valence-electron chi connectivity index (χ3n) is 5.40. The molecule has 138 valence electrons. The summed E-state index contributed by atoms with van der Waals surface area (Å²) >= 11 is 0. The van der Waals surface area contributed by atoms with Crippen LogP contribution in [0.1, 0.15) is 12.8 Å². The number of methoxy groups -OCH3 is 1. The van der Waals surface area contributed by atoms with Gasteiger partial charge < -0.3 is 14.5 Å². The molecule has 2 aliphatic heterocycles. The number of amides is 1. The van der Waals surface area contributed by atoms with Gasteiger partial charge in [-0.05, 0) is 43.2 Å². The Hall–Kier alpha value is -2.34. The molecule has 0 saturated carbocycles. The summed E-state index contributed by atoms with van der Waals surface area (Å²) in [6, 6.07) is 10.1. The van der Waals surface area contributed by atoms with Crippen LogP contribution >= 0.6 is 0 Å². The maximum atomic E-state index is 12.3. The Balaban J connectivity index is 1.36. The van der Waals surface area contributed by atoms with Gasteiger partial charge in [-0.15, -0.1) is 0 Å². The van der Waals surface area contributed by atoms with E-state index in [0.717, 1.165) is 74.6 Å². The zero-order valence-corrected chi connectivity index (χ0v) is 15.4. The van der Waals surface area contributed by atoms with E-state index in [1.807, 2.05) is 23.1 Å². The number of piperazine rings is 1. The molecule has 0 bridgehead atoms. The number of fused-ring (bicyclic) bond motifs is 1. The van der Waals surface area contributed by atoms with Gasteiger partial charge in [-0.3, -0.25) is 9.69 Å². The lowest BCUT2D eigenvalue weighted by molar-refractivity contribution is -0.131. The maximum Gasteiger partial charge on any atom is 0.236 e. The average Bonchev–Trinajstić information content (AvgIpc) is 3.23. The first kappa shape index (κ1) is 17.1. The first-order valence-electron chi connectivity index (χ1n) is 9.43. The summed E-state index contributed by atoms with van der Waals surface area (Å²) in [6.45, 7) is 6.04. The number of carbonyl (C=O) groups excluding carboxylic acids is 1. The van der Waals surface area contributed by atoms with Crippen molar-refractivity contribution in [1.29, 1.82) is 0 Å². The fourth-order valence-electron chi connectivity index (χ4n) is 3.79. The van der Waals surface area contributed by atoms with Gasteiger partial charge in [-0.25, -0.2) is 4.98 Å². The molecule has 2 fully saturated rings. The molecule has 4 rings (SSSR count). The largest absolute Gasteiger partial charge is 0.497 e. The molecular weight excluding hydrogens is 328 g/mol. The second-order valence-electron chi connectivity index (χ2n) is 7.08. The Labute approximate surface area is 154 Å². The van der Waals surface area contributed by atoms with Crippen molar-refractivity contribution in [2.24, 2.45) is 0 Å². The highest BCUT2D eigenvalue weighted by molar-refractivity contribution is 5.82. The summed E-state index contributed by atoms with van der Waals surface area (Å²) in [6.07, 6.45) is 2.30. The quantitative estimate of drug-likeness (QED) is 0.840. The summed E-state index contributed by atoms with van der Waals surface area (Å²) in [4.78, 5) is 23.7. The molecule has 26 heavy (non-hydrogen) atoms. The number of ether oxygens (including phenoxy) is 1. The molecule has 6 heteroatoms. The minimum absolute atomic E-state index is 0.286. The van der Waals surface area contributed by atoms with Crippen LogP contribution in [0.3, 0.4) is 0 Å². The van der Waals surface area contributed by atoms with Crippen molar-refractivity contribution in [3.8, 4) is 5.75 Å². The minimum Gasteiger partial charge on any atom is -0.497 e. The van der Waals surface area contributed by atoms with Gasteiger partial charge in [-0.1, -0.05) is 0 Å². The molecule has 1 aromatic heterocycles.